The Balaban J connectivity index is 0. The molecule has 0 aliphatic carbocycles. The zero-order chi connectivity index (χ0) is 13.8. The number of rotatable bonds is 7. The van der Waals surface area contributed by atoms with E-state index >= 15 is 0 Å². The van der Waals surface area contributed by atoms with Gasteiger partial charge in [-0.1, -0.05) is 20.8 Å². The van der Waals surface area contributed by atoms with E-state index in [1.807, 2.05) is 6.92 Å². The summed E-state index contributed by atoms with van der Waals surface area (Å²) in [5.41, 5.74) is 0. The van der Waals surface area contributed by atoms with Gasteiger partial charge in [0.2, 0.25) is 0 Å². The molecule has 0 spiro atoms. The van der Waals surface area contributed by atoms with Crippen LogP contribution >= 0.6 is 0 Å². The van der Waals surface area contributed by atoms with Crippen LogP contribution in [0.4, 0.5) is 0 Å². The molecule has 0 heterocycles. The molecule has 0 saturated carbocycles. The van der Waals surface area contributed by atoms with Crippen molar-refractivity contribution in [3.63, 3.8) is 0 Å². The molecule has 0 aromatic rings. The van der Waals surface area contributed by atoms with E-state index in [0.717, 1.165) is 18.2 Å². The molecule has 0 aliphatic rings. The van der Waals surface area contributed by atoms with Gasteiger partial charge in [0.1, 0.15) is 5.78 Å². The van der Waals surface area contributed by atoms with Crippen LogP contribution in [0.25, 0.3) is 0 Å². The van der Waals surface area contributed by atoms with Crippen molar-refractivity contribution in [3.8, 4) is 0 Å². The van der Waals surface area contributed by atoms with Crippen LogP contribution in [-0.4, -0.2) is 26.5 Å². The first-order valence-corrected chi connectivity index (χ1v) is 9.28. The fourth-order valence-corrected chi connectivity index (χ4v) is 2.20. The molecule has 0 radical (unpaired) electrons. The fourth-order valence-electron chi connectivity index (χ4n) is 1.27. The predicted molar refractivity (Wildman–Crippen MR) is 75.6 cm³/mol. The van der Waals surface area contributed by atoms with E-state index < -0.39 is 0 Å². The second-order valence-corrected chi connectivity index (χ2v) is 6.88. The first-order valence-electron chi connectivity index (χ1n) is 6.35. The Hall–Kier alpha value is -0.141. The van der Waals surface area contributed by atoms with Gasteiger partial charge in [0.05, 0.1) is 0 Å². The molecule has 3 heteroatoms. The standard InChI is InChI=1S/C7H14OSe.C7H14O/c1-6(2)4-7(8)5-9-3;1-4-7(8)5-6(2)3/h6H,4-5H2,1-3H3;6H,4-5H2,1-3H3. The zero-order valence-electron chi connectivity index (χ0n) is 12.2. The van der Waals surface area contributed by atoms with Crippen LogP contribution in [0.5, 0.6) is 0 Å². The van der Waals surface area contributed by atoms with E-state index in [4.69, 9.17) is 0 Å². The Labute approximate surface area is 113 Å². The van der Waals surface area contributed by atoms with Gasteiger partial charge >= 0.3 is 62.9 Å². The fraction of sp³-hybridized carbons (Fsp3) is 0.857. The minimum atomic E-state index is 0.375. The third kappa shape index (κ3) is 18.4. The van der Waals surface area contributed by atoms with Crippen molar-refractivity contribution in [2.75, 3.05) is 0 Å². The third-order valence-corrected chi connectivity index (χ3v) is 3.25. The van der Waals surface area contributed by atoms with E-state index in [-0.39, 0.29) is 0 Å². The van der Waals surface area contributed by atoms with Gasteiger partial charge in [-0.15, -0.1) is 0 Å². The first kappa shape index (κ1) is 19.2. The van der Waals surface area contributed by atoms with Crippen molar-refractivity contribution in [1.29, 1.82) is 0 Å². The molecule has 2 nitrogen and oxygen atoms in total. The Morgan fingerprint density at radius 2 is 1.35 bits per heavy atom. The SMILES string of the molecule is CCC(=O)CC(C)C.C[Se]CC(=O)CC(C)C. The van der Waals surface area contributed by atoms with Gasteiger partial charge in [-0.25, -0.2) is 0 Å². The Kier molecular flexibility index (Phi) is 13.9. The van der Waals surface area contributed by atoms with Gasteiger partial charge in [0.15, 0.2) is 0 Å². The van der Waals surface area contributed by atoms with Gasteiger partial charge in [0, 0.05) is 12.8 Å². The van der Waals surface area contributed by atoms with Crippen molar-refractivity contribution in [2.45, 2.75) is 65.0 Å². The van der Waals surface area contributed by atoms with E-state index in [0.29, 0.717) is 44.8 Å². The summed E-state index contributed by atoms with van der Waals surface area (Å²) in [4.78, 5) is 21.5. The first-order chi connectivity index (χ1) is 7.83. The van der Waals surface area contributed by atoms with Crippen LogP contribution in [0, 0.1) is 11.8 Å². The average molecular weight is 307 g/mol. The molecule has 0 unspecified atom stereocenters. The molecule has 0 saturated heterocycles. The molecule has 0 aliphatic heterocycles. The van der Waals surface area contributed by atoms with E-state index in [1.54, 1.807) is 0 Å². The Morgan fingerprint density at radius 3 is 1.59 bits per heavy atom. The van der Waals surface area contributed by atoms with Crippen molar-refractivity contribution in [2.24, 2.45) is 11.8 Å². The van der Waals surface area contributed by atoms with Crippen LogP contribution in [0.1, 0.15) is 53.9 Å². The maximum absolute atomic E-state index is 10.9. The molecular formula is C14H28O2Se. The van der Waals surface area contributed by atoms with E-state index in [2.05, 4.69) is 33.5 Å². The number of hydrogen-bond donors (Lipinski definition) is 0. The number of hydrogen-bond acceptors (Lipinski definition) is 2. The molecule has 17 heavy (non-hydrogen) atoms. The van der Waals surface area contributed by atoms with E-state index in [1.165, 1.54) is 0 Å². The summed E-state index contributed by atoms with van der Waals surface area (Å²) in [6.07, 6.45) is 2.21. The molecular weight excluding hydrogens is 279 g/mol. The second kappa shape index (κ2) is 12.3. The molecule has 102 valence electrons. The van der Waals surface area contributed by atoms with E-state index in [9.17, 15) is 9.59 Å². The molecule has 0 fully saturated rings. The van der Waals surface area contributed by atoms with Crippen molar-refractivity contribution in [3.05, 3.63) is 0 Å². The van der Waals surface area contributed by atoms with Gasteiger partial charge in [0.25, 0.3) is 0 Å². The van der Waals surface area contributed by atoms with Gasteiger partial charge in [-0.2, -0.15) is 0 Å². The summed E-state index contributed by atoms with van der Waals surface area (Å²) in [7, 11) is 0. The maximum atomic E-state index is 10.9. The molecule has 0 N–H and O–H groups in total. The number of ketones is 2. The van der Waals surface area contributed by atoms with Crippen LogP contribution in [0.3, 0.4) is 0 Å². The van der Waals surface area contributed by atoms with Crippen LogP contribution in [0.15, 0.2) is 0 Å². The molecule has 0 rings (SSSR count). The van der Waals surface area contributed by atoms with Crippen molar-refractivity contribution < 1.29 is 9.59 Å². The Bertz CT molecular complexity index is 210. The van der Waals surface area contributed by atoms with Gasteiger partial charge in [-0.05, 0) is 5.92 Å². The second-order valence-electron chi connectivity index (χ2n) is 5.06. The number of carbonyl (C=O) groups is 2. The third-order valence-electron chi connectivity index (χ3n) is 1.97. The van der Waals surface area contributed by atoms with Crippen LogP contribution in [-0.2, 0) is 9.59 Å². The molecule has 0 aromatic carbocycles. The molecule has 0 amide bonds. The topological polar surface area (TPSA) is 34.1 Å². The monoisotopic (exact) mass is 308 g/mol. The summed E-state index contributed by atoms with van der Waals surface area (Å²) in [6, 6.07) is 0. The number of Topliss-reactive ketones (excluding diaryl/α,β-unsaturated/α-hetero) is 2. The minimum absolute atomic E-state index is 0.375. The Morgan fingerprint density at radius 1 is 0.941 bits per heavy atom. The molecule has 0 aromatic heterocycles. The summed E-state index contributed by atoms with van der Waals surface area (Å²) < 4.78 is 0. The predicted octanol–water partition coefficient (Wildman–Crippen LogP) is 3.78. The quantitative estimate of drug-likeness (QED) is 0.671. The summed E-state index contributed by atoms with van der Waals surface area (Å²) >= 11 is 0.534. The van der Waals surface area contributed by atoms with Gasteiger partial charge in [-0.3, -0.25) is 4.79 Å². The number of carbonyl (C=O) groups excluding carboxylic acids is 2. The summed E-state index contributed by atoms with van der Waals surface area (Å²) in [5, 5.41) is 0.825. The summed E-state index contributed by atoms with van der Waals surface area (Å²) in [6.45, 7) is 10.2. The van der Waals surface area contributed by atoms with Crippen molar-refractivity contribution in [1.82, 2.24) is 0 Å². The van der Waals surface area contributed by atoms with Crippen LogP contribution < -0.4 is 0 Å². The molecule has 0 atom stereocenters. The van der Waals surface area contributed by atoms with Gasteiger partial charge < -0.3 is 0 Å². The summed E-state index contributed by atoms with van der Waals surface area (Å²) in [5.74, 6) is 3.99. The van der Waals surface area contributed by atoms with Crippen molar-refractivity contribution >= 4 is 26.5 Å². The average Bonchev–Trinajstić information content (AvgIpc) is 2.16. The molecule has 0 bridgehead atoms. The van der Waals surface area contributed by atoms with Crippen LogP contribution in [0.2, 0.25) is 11.1 Å². The normalized spacial score (nSPS) is 10.1. The zero-order valence-corrected chi connectivity index (χ0v) is 13.9.